The minimum atomic E-state index is -0.629. The van der Waals surface area contributed by atoms with E-state index in [1.165, 1.54) is 0 Å². The molecule has 10 heteroatoms. The van der Waals surface area contributed by atoms with Crippen LogP contribution < -0.4 is 9.47 Å². The van der Waals surface area contributed by atoms with Gasteiger partial charge in [-0.25, -0.2) is 0 Å². The summed E-state index contributed by atoms with van der Waals surface area (Å²) in [7, 11) is 0. The van der Waals surface area contributed by atoms with E-state index in [2.05, 4.69) is 20.3 Å². The van der Waals surface area contributed by atoms with Gasteiger partial charge in [-0.1, -0.05) is 47.6 Å². The van der Waals surface area contributed by atoms with Crippen LogP contribution >= 0.6 is 0 Å². The summed E-state index contributed by atoms with van der Waals surface area (Å²) in [6.45, 7) is 5.10. The van der Waals surface area contributed by atoms with Crippen LogP contribution in [0.15, 0.2) is 63.5 Å². The number of carbonyl (C=O) groups excluding carboxylic acids is 1. The van der Waals surface area contributed by atoms with E-state index in [9.17, 15) is 4.79 Å². The SMILES string of the molecule is Cc1onc(-c2ccccc2)c1-c1nnc(CN2CCN(C(=O)C3COc4ccccc4O3)CC2)o1. The fourth-order valence-electron chi connectivity index (χ4n) is 4.50. The van der Waals surface area contributed by atoms with E-state index in [4.69, 9.17) is 18.4 Å². The number of benzene rings is 2. The zero-order valence-corrected chi connectivity index (χ0v) is 19.8. The summed E-state index contributed by atoms with van der Waals surface area (Å²) in [5.41, 5.74) is 2.29. The molecular weight excluding hydrogens is 462 g/mol. The maximum Gasteiger partial charge on any atom is 0.267 e. The Morgan fingerprint density at radius 2 is 1.72 bits per heavy atom. The monoisotopic (exact) mass is 487 g/mol. The number of aromatic nitrogens is 3. The number of hydrogen-bond donors (Lipinski definition) is 0. The van der Waals surface area contributed by atoms with Crippen molar-refractivity contribution in [3.63, 3.8) is 0 Å². The van der Waals surface area contributed by atoms with E-state index in [0.29, 0.717) is 73.0 Å². The third-order valence-corrected chi connectivity index (χ3v) is 6.42. The number of amides is 1. The van der Waals surface area contributed by atoms with E-state index >= 15 is 0 Å². The molecule has 1 fully saturated rings. The average molecular weight is 488 g/mol. The molecule has 184 valence electrons. The van der Waals surface area contributed by atoms with E-state index in [0.717, 1.165) is 5.56 Å². The Morgan fingerprint density at radius 3 is 2.53 bits per heavy atom. The van der Waals surface area contributed by atoms with Crippen LogP contribution in [0.2, 0.25) is 0 Å². The van der Waals surface area contributed by atoms with Gasteiger partial charge in [0, 0.05) is 31.7 Å². The highest BCUT2D eigenvalue weighted by Crippen LogP contribution is 2.34. The highest BCUT2D eigenvalue weighted by atomic mass is 16.6. The van der Waals surface area contributed by atoms with Crippen LogP contribution in [0, 0.1) is 6.92 Å². The van der Waals surface area contributed by atoms with Crippen LogP contribution in [0.1, 0.15) is 11.7 Å². The summed E-state index contributed by atoms with van der Waals surface area (Å²) < 4.78 is 23.0. The highest BCUT2D eigenvalue weighted by Gasteiger charge is 2.33. The first-order valence-corrected chi connectivity index (χ1v) is 11.9. The molecular formula is C26H25N5O5. The first-order valence-electron chi connectivity index (χ1n) is 11.9. The largest absolute Gasteiger partial charge is 0.485 e. The number of fused-ring (bicyclic) bond motifs is 1. The Morgan fingerprint density at radius 1 is 0.972 bits per heavy atom. The third kappa shape index (κ3) is 4.31. The van der Waals surface area contributed by atoms with Crippen molar-refractivity contribution in [2.45, 2.75) is 19.6 Å². The number of nitrogens with zero attached hydrogens (tertiary/aromatic N) is 5. The first-order chi connectivity index (χ1) is 17.7. The van der Waals surface area contributed by atoms with E-state index in [-0.39, 0.29) is 12.5 Å². The second-order valence-corrected chi connectivity index (χ2v) is 8.80. The van der Waals surface area contributed by atoms with Crippen molar-refractivity contribution in [3.05, 3.63) is 66.2 Å². The molecule has 2 aliphatic rings. The predicted molar refractivity (Wildman–Crippen MR) is 128 cm³/mol. The molecule has 0 bridgehead atoms. The summed E-state index contributed by atoms with van der Waals surface area (Å²) in [5, 5.41) is 12.7. The fraction of sp³-hybridized carbons (Fsp3) is 0.308. The van der Waals surface area contributed by atoms with Gasteiger partial charge in [0.05, 0.1) is 6.54 Å². The molecule has 2 aliphatic heterocycles. The predicted octanol–water partition coefficient (Wildman–Crippen LogP) is 3.18. The lowest BCUT2D eigenvalue weighted by atomic mass is 10.1. The molecule has 0 radical (unpaired) electrons. The molecule has 0 saturated carbocycles. The van der Waals surface area contributed by atoms with Gasteiger partial charge in [0.25, 0.3) is 11.8 Å². The van der Waals surface area contributed by atoms with Crippen LogP contribution in [-0.4, -0.2) is 70.0 Å². The van der Waals surface area contributed by atoms with E-state index in [1.54, 1.807) is 0 Å². The van der Waals surface area contributed by atoms with Crippen molar-refractivity contribution in [2.75, 3.05) is 32.8 Å². The number of aryl methyl sites for hydroxylation is 1. The lowest BCUT2D eigenvalue weighted by molar-refractivity contribution is -0.143. The first kappa shape index (κ1) is 22.3. The van der Waals surface area contributed by atoms with Gasteiger partial charge in [-0.15, -0.1) is 10.2 Å². The van der Waals surface area contributed by atoms with Crippen LogP contribution in [0.25, 0.3) is 22.7 Å². The molecule has 1 unspecified atom stereocenters. The highest BCUT2D eigenvalue weighted by molar-refractivity contribution is 5.82. The summed E-state index contributed by atoms with van der Waals surface area (Å²) in [6.07, 6.45) is -0.629. The van der Waals surface area contributed by atoms with Gasteiger partial charge in [0.2, 0.25) is 12.0 Å². The van der Waals surface area contributed by atoms with Crippen molar-refractivity contribution in [1.82, 2.24) is 25.2 Å². The Bertz CT molecular complexity index is 1360. The minimum Gasteiger partial charge on any atom is -0.485 e. The number of carbonyl (C=O) groups is 1. The average Bonchev–Trinajstić information content (AvgIpc) is 3.55. The lowest BCUT2D eigenvalue weighted by Gasteiger charge is -2.36. The molecule has 6 rings (SSSR count). The van der Waals surface area contributed by atoms with Crippen molar-refractivity contribution in [1.29, 1.82) is 0 Å². The van der Waals surface area contributed by atoms with Crippen molar-refractivity contribution in [2.24, 2.45) is 0 Å². The van der Waals surface area contributed by atoms with Gasteiger partial charge >= 0.3 is 0 Å². The molecule has 1 amide bonds. The standard InChI is InChI=1S/C26H25N5O5/c1-17-23(24(29-36-17)18-7-3-2-4-8-18)25-28-27-22(35-25)15-30-11-13-31(14-12-30)26(32)21-16-33-19-9-5-6-10-20(19)34-21/h2-10,21H,11-16H2,1H3. The quantitative estimate of drug-likeness (QED) is 0.419. The summed E-state index contributed by atoms with van der Waals surface area (Å²) in [6, 6.07) is 17.2. The normalized spacial score (nSPS) is 17.8. The molecule has 1 saturated heterocycles. The topological polar surface area (TPSA) is 107 Å². The Labute approximate surface area is 207 Å². The summed E-state index contributed by atoms with van der Waals surface area (Å²) in [5.74, 6) is 2.72. The summed E-state index contributed by atoms with van der Waals surface area (Å²) >= 11 is 0. The van der Waals surface area contributed by atoms with Gasteiger partial charge in [0.15, 0.2) is 11.5 Å². The van der Waals surface area contributed by atoms with Crippen LogP contribution in [0.4, 0.5) is 0 Å². The number of ether oxygens (including phenoxy) is 2. The lowest BCUT2D eigenvalue weighted by Crippen LogP contribution is -2.53. The molecule has 1 atom stereocenters. The second-order valence-electron chi connectivity index (χ2n) is 8.80. The van der Waals surface area contributed by atoms with Crippen LogP contribution in [0.3, 0.4) is 0 Å². The molecule has 10 nitrogen and oxygen atoms in total. The van der Waals surface area contributed by atoms with Gasteiger partial charge in [-0.3, -0.25) is 9.69 Å². The Balaban J connectivity index is 1.07. The number of hydrogen-bond acceptors (Lipinski definition) is 9. The maximum absolute atomic E-state index is 13.0. The maximum atomic E-state index is 13.0. The van der Waals surface area contributed by atoms with Gasteiger partial charge in [0.1, 0.15) is 23.6 Å². The number of piperazine rings is 1. The number of para-hydroxylation sites is 2. The van der Waals surface area contributed by atoms with Gasteiger partial charge < -0.3 is 23.3 Å². The smallest absolute Gasteiger partial charge is 0.267 e. The molecule has 0 aliphatic carbocycles. The molecule has 4 heterocycles. The third-order valence-electron chi connectivity index (χ3n) is 6.42. The molecule has 2 aromatic carbocycles. The van der Waals surface area contributed by atoms with Gasteiger partial charge in [-0.05, 0) is 19.1 Å². The summed E-state index contributed by atoms with van der Waals surface area (Å²) in [4.78, 5) is 17.0. The van der Waals surface area contributed by atoms with Crippen molar-refractivity contribution in [3.8, 4) is 34.2 Å². The minimum absolute atomic E-state index is 0.0550. The molecule has 0 spiro atoms. The van der Waals surface area contributed by atoms with E-state index in [1.807, 2.05) is 66.4 Å². The molecule has 4 aromatic rings. The molecule has 0 N–H and O–H groups in total. The number of rotatable bonds is 5. The van der Waals surface area contributed by atoms with Gasteiger partial charge in [-0.2, -0.15) is 0 Å². The Kier molecular flexibility index (Phi) is 5.86. The molecule has 36 heavy (non-hydrogen) atoms. The fourth-order valence-corrected chi connectivity index (χ4v) is 4.50. The zero-order valence-electron chi connectivity index (χ0n) is 19.8. The van der Waals surface area contributed by atoms with Crippen LogP contribution in [0.5, 0.6) is 11.5 Å². The van der Waals surface area contributed by atoms with E-state index < -0.39 is 6.10 Å². The zero-order chi connectivity index (χ0) is 24.5. The Hall–Kier alpha value is -4.18. The van der Waals surface area contributed by atoms with Crippen LogP contribution in [-0.2, 0) is 11.3 Å². The van der Waals surface area contributed by atoms with Crippen molar-refractivity contribution >= 4 is 5.91 Å². The second kappa shape index (κ2) is 9.46. The van der Waals surface area contributed by atoms with Crippen molar-refractivity contribution < 1.29 is 23.2 Å². The molecule has 2 aromatic heterocycles.